The molecule has 1 saturated carbocycles. The van der Waals surface area contributed by atoms with Crippen molar-refractivity contribution in [3.63, 3.8) is 0 Å². The summed E-state index contributed by atoms with van der Waals surface area (Å²) in [7, 11) is 0. The predicted octanol–water partition coefficient (Wildman–Crippen LogP) is 1.74. The molecule has 5 unspecified atom stereocenters. The molecule has 3 rings (SSSR count). The van der Waals surface area contributed by atoms with Gasteiger partial charge in [0, 0.05) is 11.3 Å². The molecule has 0 amide bonds. The Kier molecular flexibility index (Phi) is 1.80. The number of hydrogen-bond acceptors (Lipinski definition) is 2. The second-order valence-corrected chi connectivity index (χ2v) is 5.25. The first kappa shape index (κ1) is 8.93. The van der Waals surface area contributed by atoms with E-state index in [0.29, 0.717) is 17.9 Å². The summed E-state index contributed by atoms with van der Waals surface area (Å²) in [6.07, 6.45) is 7.78. The van der Waals surface area contributed by atoms with Crippen LogP contribution in [-0.2, 0) is 4.74 Å². The van der Waals surface area contributed by atoms with E-state index in [-0.39, 0.29) is 11.5 Å². The Labute approximate surface area is 85.0 Å². The van der Waals surface area contributed by atoms with Crippen LogP contribution in [0.4, 0.5) is 0 Å². The molecule has 1 saturated heterocycles. The summed E-state index contributed by atoms with van der Waals surface area (Å²) in [6, 6.07) is 0. The third kappa shape index (κ3) is 0.986. The fraction of sp³-hybridized carbons (Fsp3) is 0.833. The van der Waals surface area contributed by atoms with E-state index in [1.165, 1.54) is 0 Å². The molecule has 0 spiro atoms. The smallest absolute Gasteiger partial charge is 0.0650 e. The lowest BCUT2D eigenvalue weighted by atomic mass is 9.58. The van der Waals surface area contributed by atoms with Crippen molar-refractivity contribution in [2.75, 3.05) is 6.61 Å². The zero-order valence-corrected chi connectivity index (χ0v) is 8.65. The molecule has 1 aliphatic heterocycles. The highest BCUT2D eigenvalue weighted by Crippen LogP contribution is 2.53. The van der Waals surface area contributed by atoms with Crippen molar-refractivity contribution in [3.8, 4) is 0 Å². The average Bonchev–Trinajstić information content (AvgIpc) is 2.58. The number of aliphatic hydroxyl groups is 1. The summed E-state index contributed by atoms with van der Waals surface area (Å²) < 4.78 is 5.82. The fourth-order valence-corrected chi connectivity index (χ4v) is 3.73. The van der Waals surface area contributed by atoms with Gasteiger partial charge in [0.15, 0.2) is 0 Å². The van der Waals surface area contributed by atoms with Crippen LogP contribution in [0.3, 0.4) is 0 Å². The van der Waals surface area contributed by atoms with E-state index in [0.717, 1.165) is 25.9 Å². The van der Waals surface area contributed by atoms with Gasteiger partial charge >= 0.3 is 0 Å². The lowest BCUT2D eigenvalue weighted by Crippen LogP contribution is -2.49. The normalized spacial score (nSPS) is 55.9. The van der Waals surface area contributed by atoms with Crippen molar-refractivity contribution in [2.24, 2.45) is 17.3 Å². The number of ether oxygens (including phenoxy) is 1. The van der Waals surface area contributed by atoms with Gasteiger partial charge in [-0.3, -0.25) is 0 Å². The van der Waals surface area contributed by atoms with Gasteiger partial charge in [0.05, 0.1) is 18.8 Å². The lowest BCUT2D eigenvalue weighted by molar-refractivity contribution is -0.0476. The Bertz CT molecular complexity index is 273. The molecular formula is C12H18O2. The largest absolute Gasteiger partial charge is 0.392 e. The van der Waals surface area contributed by atoms with E-state index in [1.54, 1.807) is 0 Å². The molecule has 0 aromatic carbocycles. The van der Waals surface area contributed by atoms with Gasteiger partial charge in [0.2, 0.25) is 0 Å². The number of aliphatic hydroxyl groups excluding tert-OH is 1. The molecule has 2 aliphatic carbocycles. The quantitative estimate of drug-likeness (QED) is 0.595. The third-order valence-corrected chi connectivity index (χ3v) is 4.53. The molecule has 2 fully saturated rings. The van der Waals surface area contributed by atoms with E-state index in [9.17, 15) is 5.11 Å². The predicted molar refractivity (Wildman–Crippen MR) is 53.8 cm³/mol. The Morgan fingerprint density at radius 3 is 3.14 bits per heavy atom. The molecule has 0 aromatic rings. The SMILES string of the molecule is CC12C=CCC3OCC(CCC1O)C32. The lowest BCUT2D eigenvalue weighted by Gasteiger charge is -2.47. The van der Waals surface area contributed by atoms with Gasteiger partial charge in [-0.25, -0.2) is 0 Å². The number of rotatable bonds is 0. The molecule has 0 bridgehead atoms. The zero-order valence-electron chi connectivity index (χ0n) is 8.65. The minimum atomic E-state index is -0.163. The van der Waals surface area contributed by atoms with Crippen LogP contribution in [0.1, 0.15) is 26.2 Å². The maximum Gasteiger partial charge on any atom is 0.0650 e. The summed E-state index contributed by atoms with van der Waals surface area (Å²) in [4.78, 5) is 0. The second-order valence-electron chi connectivity index (χ2n) is 5.25. The van der Waals surface area contributed by atoms with Crippen LogP contribution in [0.25, 0.3) is 0 Å². The Balaban J connectivity index is 2.02. The van der Waals surface area contributed by atoms with Crippen molar-refractivity contribution in [1.29, 1.82) is 0 Å². The molecule has 78 valence electrons. The maximum atomic E-state index is 10.1. The van der Waals surface area contributed by atoms with Crippen LogP contribution in [0.15, 0.2) is 12.2 Å². The highest BCUT2D eigenvalue weighted by molar-refractivity contribution is 5.16. The average molecular weight is 194 g/mol. The molecular weight excluding hydrogens is 176 g/mol. The fourth-order valence-electron chi connectivity index (χ4n) is 3.73. The van der Waals surface area contributed by atoms with E-state index in [4.69, 9.17) is 4.74 Å². The van der Waals surface area contributed by atoms with Crippen LogP contribution in [0.5, 0.6) is 0 Å². The second kappa shape index (κ2) is 2.83. The molecule has 1 N–H and O–H groups in total. The van der Waals surface area contributed by atoms with Gasteiger partial charge < -0.3 is 9.84 Å². The Morgan fingerprint density at radius 2 is 2.29 bits per heavy atom. The van der Waals surface area contributed by atoms with Crippen molar-refractivity contribution in [3.05, 3.63) is 12.2 Å². The highest BCUT2D eigenvalue weighted by atomic mass is 16.5. The Hall–Kier alpha value is -0.340. The van der Waals surface area contributed by atoms with Crippen LogP contribution in [-0.4, -0.2) is 23.9 Å². The highest BCUT2D eigenvalue weighted by Gasteiger charge is 2.54. The van der Waals surface area contributed by atoms with E-state index in [1.807, 2.05) is 0 Å². The van der Waals surface area contributed by atoms with Crippen LogP contribution >= 0.6 is 0 Å². The molecule has 5 atom stereocenters. The maximum absolute atomic E-state index is 10.1. The molecule has 1 heterocycles. The van der Waals surface area contributed by atoms with Crippen LogP contribution in [0, 0.1) is 17.3 Å². The summed E-state index contributed by atoms with van der Waals surface area (Å²) in [5.41, 5.74) is -0.0116. The number of hydrogen-bond donors (Lipinski definition) is 1. The first-order valence-corrected chi connectivity index (χ1v) is 5.69. The first-order valence-electron chi connectivity index (χ1n) is 5.69. The van der Waals surface area contributed by atoms with Crippen molar-refractivity contribution in [2.45, 2.75) is 38.4 Å². The minimum absolute atomic E-state index is 0.0116. The first-order chi connectivity index (χ1) is 6.72. The van der Waals surface area contributed by atoms with Gasteiger partial charge in [-0.2, -0.15) is 0 Å². The van der Waals surface area contributed by atoms with Gasteiger partial charge in [0.25, 0.3) is 0 Å². The molecule has 2 heteroatoms. The zero-order chi connectivity index (χ0) is 9.76. The van der Waals surface area contributed by atoms with Gasteiger partial charge in [0.1, 0.15) is 0 Å². The minimum Gasteiger partial charge on any atom is -0.392 e. The summed E-state index contributed by atoms with van der Waals surface area (Å²) in [5, 5.41) is 10.1. The molecule has 0 radical (unpaired) electrons. The summed E-state index contributed by atoms with van der Waals surface area (Å²) >= 11 is 0. The van der Waals surface area contributed by atoms with Crippen molar-refractivity contribution in [1.82, 2.24) is 0 Å². The van der Waals surface area contributed by atoms with Gasteiger partial charge in [-0.1, -0.05) is 19.1 Å². The summed E-state index contributed by atoms with van der Waals surface area (Å²) in [5.74, 6) is 1.26. The monoisotopic (exact) mass is 194 g/mol. The Morgan fingerprint density at radius 1 is 1.43 bits per heavy atom. The third-order valence-electron chi connectivity index (χ3n) is 4.53. The van der Waals surface area contributed by atoms with Crippen molar-refractivity contribution < 1.29 is 9.84 Å². The summed E-state index contributed by atoms with van der Waals surface area (Å²) in [6.45, 7) is 3.12. The molecule has 3 aliphatic rings. The van der Waals surface area contributed by atoms with E-state index >= 15 is 0 Å². The van der Waals surface area contributed by atoms with Gasteiger partial charge in [-0.05, 0) is 25.2 Å². The van der Waals surface area contributed by atoms with E-state index < -0.39 is 0 Å². The molecule has 2 nitrogen and oxygen atoms in total. The van der Waals surface area contributed by atoms with Crippen LogP contribution < -0.4 is 0 Å². The topological polar surface area (TPSA) is 29.5 Å². The molecule has 0 aromatic heterocycles. The van der Waals surface area contributed by atoms with E-state index in [2.05, 4.69) is 19.1 Å². The standard InChI is InChI=1S/C12H18O2/c1-12-6-2-3-9-11(12)8(7-14-9)4-5-10(12)13/h2,6,8-11,13H,3-5,7H2,1H3. The molecule has 14 heavy (non-hydrogen) atoms. The van der Waals surface area contributed by atoms with Crippen molar-refractivity contribution >= 4 is 0 Å². The van der Waals surface area contributed by atoms with Gasteiger partial charge in [-0.15, -0.1) is 0 Å². The van der Waals surface area contributed by atoms with Crippen LogP contribution in [0.2, 0.25) is 0 Å².